The molecule has 2 heterocycles. The van der Waals surface area contributed by atoms with Crippen LogP contribution in [0.3, 0.4) is 0 Å². The van der Waals surface area contributed by atoms with E-state index in [-0.39, 0.29) is 35.1 Å². The SMILES string of the molecule is O=C1[C@@H](C2CCC2)N(Cc2ccc(Cl)cc2)C(=O)CN1c1ncc(Cl)cc1F. The van der Waals surface area contributed by atoms with Crippen LogP contribution in [0.25, 0.3) is 0 Å². The van der Waals surface area contributed by atoms with E-state index in [1.165, 1.54) is 6.20 Å². The largest absolute Gasteiger partial charge is 0.324 e. The van der Waals surface area contributed by atoms with Gasteiger partial charge in [-0.15, -0.1) is 0 Å². The lowest BCUT2D eigenvalue weighted by molar-refractivity contribution is -0.147. The average Bonchev–Trinajstić information content (AvgIpc) is 2.61. The van der Waals surface area contributed by atoms with Crippen LogP contribution < -0.4 is 4.90 Å². The highest BCUT2D eigenvalue weighted by Crippen LogP contribution is 2.37. The van der Waals surface area contributed by atoms with Crippen LogP contribution in [0, 0.1) is 11.7 Å². The summed E-state index contributed by atoms with van der Waals surface area (Å²) in [6, 6.07) is 7.66. The number of anilines is 1. The second-order valence-corrected chi connectivity index (χ2v) is 8.04. The lowest BCUT2D eigenvalue weighted by Crippen LogP contribution is -2.63. The molecule has 1 aromatic carbocycles. The van der Waals surface area contributed by atoms with Gasteiger partial charge in [-0.2, -0.15) is 0 Å². The van der Waals surface area contributed by atoms with Crippen molar-refractivity contribution in [2.24, 2.45) is 5.92 Å². The molecule has 1 aromatic heterocycles. The summed E-state index contributed by atoms with van der Waals surface area (Å²) in [4.78, 5) is 32.9. The second-order valence-electron chi connectivity index (χ2n) is 7.17. The highest BCUT2D eigenvalue weighted by Gasteiger charge is 2.46. The molecule has 0 unspecified atom stereocenters. The van der Waals surface area contributed by atoms with Gasteiger partial charge in [-0.1, -0.05) is 41.8 Å². The fraction of sp³-hybridized carbons (Fsp3) is 0.350. The van der Waals surface area contributed by atoms with Gasteiger partial charge in [-0.3, -0.25) is 14.5 Å². The Morgan fingerprint density at radius 3 is 2.43 bits per heavy atom. The van der Waals surface area contributed by atoms with Gasteiger partial charge < -0.3 is 4.90 Å². The molecule has 1 aliphatic heterocycles. The minimum atomic E-state index is -0.716. The van der Waals surface area contributed by atoms with Crippen molar-refractivity contribution in [2.75, 3.05) is 11.4 Å². The number of nitrogens with zero attached hydrogens (tertiary/aromatic N) is 3. The molecule has 8 heteroatoms. The second kappa shape index (κ2) is 7.68. The first kappa shape index (κ1) is 19.2. The summed E-state index contributed by atoms with van der Waals surface area (Å²) in [5.41, 5.74) is 0.888. The fourth-order valence-electron chi connectivity index (χ4n) is 3.72. The van der Waals surface area contributed by atoms with Gasteiger partial charge in [0.15, 0.2) is 11.6 Å². The maximum Gasteiger partial charge on any atom is 0.251 e. The summed E-state index contributed by atoms with van der Waals surface area (Å²) >= 11 is 11.7. The van der Waals surface area contributed by atoms with E-state index in [1.54, 1.807) is 17.0 Å². The van der Waals surface area contributed by atoms with Crippen LogP contribution in [0.1, 0.15) is 24.8 Å². The third-order valence-corrected chi connectivity index (χ3v) is 5.83. The maximum atomic E-state index is 14.4. The van der Waals surface area contributed by atoms with E-state index >= 15 is 0 Å². The zero-order chi connectivity index (χ0) is 19.8. The molecule has 0 spiro atoms. The monoisotopic (exact) mass is 421 g/mol. The van der Waals surface area contributed by atoms with Gasteiger partial charge in [0.2, 0.25) is 5.91 Å². The number of halogens is 3. The Bertz CT molecular complexity index is 918. The number of carbonyl (C=O) groups is 2. The molecule has 0 bridgehead atoms. The average molecular weight is 422 g/mol. The molecule has 2 aliphatic rings. The van der Waals surface area contributed by atoms with Crippen LogP contribution in [0.15, 0.2) is 36.5 Å². The fourth-order valence-corrected chi connectivity index (χ4v) is 3.99. The Balaban J connectivity index is 1.65. The predicted octanol–water partition coefficient (Wildman–Crippen LogP) is 4.07. The van der Waals surface area contributed by atoms with E-state index in [9.17, 15) is 14.0 Å². The molecule has 2 aromatic rings. The van der Waals surface area contributed by atoms with Crippen LogP contribution in [-0.4, -0.2) is 34.3 Å². The van der Waals surface area contributed by atoms with E-state index < -0.39 is 11.9 Å². The van der Waals surface area contributed by atoms with E-state index in [0.717, 1.165) is 35.8 Å². The molecular weight excluding hydrogens is 404 g/mol. The molecule has 1 saturated heterocycles. The number of carbonyl (C=O) groups excluding carboxylic acids is 2. The van der Waals surface area contributed by atoms with Gasteiger partial charge in [0.25, 0.3) is 5.91 Å². The number of pyridine rings is 1. The van der Waals surface area contributed by atoms with Crippen LogP contribution in [-0.2, 0) is 16.1 Å². The van der Waals surface area contributed by atoms with Gasteiger partial charge in [0.1, 0.15) is 12.6 Å². The third kappa shape index (κ3) is 3.59. The van der Waals surface area contributed by atoms with E-state index in [2.05, 4.69) is 4.98 Å². The lowest BCUT2D eigenvalue weighted by Gasteiger charge is -2.45. The Hall–Kier alpha value is -2.18. The summed E-state index contributed by atoms with van der Waals surface area (Å²) in [6.45, 7) is 0.0640. The zero-order valence-electron chi connectivity index (χ0n) is 14.9. The van der Waals surface area contributed by atoms with Crippen molar-refractivity contribution in [1.29, 1.82) is 0 Å². The number of amides is 2. The van der Waals surface area contributed by atoms with Crippen LogP contribution in [0.5, 0.6) is 0 Å². The predicted molar refractivity (Wildman–Crippen MR) is 105 cm³/mol. The van der Waals surface area contributed by atoms with Crippen LogP contribution >= 0.6 is 23.2 Å². The Morgan fingerprint density at radius 1 is 1.11 bits per heavy atom. The molecule has 146 valence electrons. The normalized spacial score (nSPS) is 20.5. The molecule has 4 rings (SSSR count). The highest BCUT2D eigenvalue weighted by atomic mass is 35.5. The van der Waals surface area contributed by atoms with Crippen molar-refractivity contribution < 1.29 is 14.0 Å². The maximum absolute atomic E-state index is 14.4. The van der Waals surface area contributed by atoms with Crippen molar-refractivity contribution in [2.45, 2.75) is 31.8 Å². The van der Waals surface area contributed by atoms with Crippen molar-refractivity contribution in [3.8, 4) is 0 Å². The summed E-state index contributed by atoms with van der Waals surface area (Å²) in [6.07, 6.45) is 4.03. The lowest BCUT2D eigenvalue weighted by atomic mass is 9.77. The number of aromatic nitrogens is 1. The number of benzene rings is 1. The number of rotatable bonds is 4. The van der Waals surface area contributed by atoms with E-state index in [1.807, 2.05) is 12.1 Å². The Kier molecular flexibility index (Phi) is 5.25. The molecule has 28 heavy (non-hydrogen) atoms. The van der Waals surface area contributed by atoms with E-state index in [0.29, 0.717) is 11.6 Å². The molecule has 1 atom stereocenters. The van der Waals surface area contributed by atoms with Gasteiger partial charge in [-0.05, 0) is 42.5 Å². The van der Waals surface area contributed by atoms with Crippen molar-refractivity contribution >= 4 is 40.8 Å². The zero-order valence-corrected chi connectivity index (χ0v) is 16.5. The van der Waals surface area contributed by atoms with E-state index in [4.69, 9.17) is 23.2 Å². The van der Waals surface area contributed by atoms with Crippen molar-refractivity contribution in [1.82, 2.24) is 9.88 Å². The van der Waals surface area contributed by atoms with Gasteiger partial charge in [0, 0.05) is 17.8 Å². The molecule has 0 N–H and O–H groups in total. The Morgan fingerprint density at radius 2 is 1.82 bits per heavy atom. The van der Waals surface area contributed by atoms with Gasteiger partial charge >= 0.3 is 0 Å². The molecule has 2 fully saturated rings. The van der Waals surface area contributed by atoms with Crippen LogP contribution in [0.4, 0.5) is 10.2 Å². The highest BCUT2D eigenvalue weighted by molar-refractivity contribution is 6.30. The minimum absolute atomic E-state index is 0.0712. The van der Waals surface area contributed by atoms with Crippen LogP contribution in [0.2, 0.25) is 10.0 Å². The molecule has 1 aliphatic carbocycles. The minimum Gasteiger partial charge on any atom is -0.324 e. The number of hydrogen-bond donors (Lipinski definition) is 0. The third-order valence-electron chi connectivity index (χ3n) is 5.38. The summed E-state index contributed by atoms with van der Waals surface area (Å²) in [5.74, 6) is -1.33. The first-order valence-corrected chi connectivity index (χ1v) is 9.86. The van der Waals surface area contributed by atoms with Gasteiger partial charge in [-0.25, -0.2) is 9.37 Å². The number of hydrogen-bond acceptors (Lipinski definition) is 3. The van der Waals surface area contributed by atoms with Crippen molar-refractivity contribution in [3.63, 3.8) is 0 Å². The summed E-state index contributed by atoms with van der Waals surface area (Å²) < 4.78 is 14.4. The topological polar surface area (TPSA) is 53.5 Å². The smallest absolute Gasteiger partial charge is 0.251 e. The quantitative estimate of drug-likeness (QED) is 0.747. The first-order valence-electron chi connectivity index (χ1n) is 9.10. The van der Waals surface area contributed by atoms with Gasteiger partial charge in [0.05, 0.1) is 5.02 Å². The summed E-state index contributed by atoms with van der Waals surface area (Å²) in [7, 11) is 0. The Labute approximate surface area is 172 Å². The number of piperazine rings is 1. The molecule has 1 saturated carbocycles. The first-order chi connectivity index (χ1) is 13.4. The molecule has 0 radical (unpaired) electrons. The van der Waals surface area contributed by atoms with Crippen molar-refractivity contribution in [3.05, 3.63) is 58.0 Å². The standard InChI is InChI=1S/C20H18Cl2FN3O2/c21-14-6-4-12(5-7-14)10-25-17(27)11-26(19-16(23)8-15(22)9-24-19)20(28)18(25)13-2-1-3-13/h4-9,13,18H,1-3,10-11H2/t18-/m1/s1. The molecule has 2 amide bonds. The summed E-state index contributed by atoms with van der Waals surface area (Å²) in [5, 5.41) is 0.743. The molecule has 5 nitrogen and oxygen atoms in total. The molecular formula is C20H18Cl2FN3O2.